The molecule has 5 heteroatoms. The largest absolute Gasteiger partial charge is 0.320 e. The Kier molecular flexibility index (Phi) is 4.01. The first-order valence-corrected chi connectivity index (χ1v) is 7.42. The number of pyridine rings is 1. The van der Waals surface area contributed by atoms with Crippen molar-refractivity contribution < 1.29 is 4.79 Å². The number of amides is 1. The van der Waals surface area contributed by atoms with Gasteiger partial charge in [-0.15, -0.1) is 0 Å². The zero-order chi connectivity index (χ0) is 15.7. The highest BCUT2D eigenvalue weighted by molar-refractivity contribution is 6.40. The molecule has 0 atom stereocenters. The van der Waals surface area contributed by atoms with Gasteiger partial charge in [-0.25, -0.2) is 0 Å². The van der Waals surface area contributed by atoms with Crippen molar-refractivity contribution in [1.82, 2.24) is 4.98 Å². The molecule has 2 aromatic carbocycles. The van der Waals surface area contributed by atoms with Gasteiger partial charge in [-0.05, 0) is 36.8 Å². The molecule has 0 radical (unpaired) electrons. The van der Waals surface area contributed by atoms with Gasteiger partial charge in [0.15, 0.2) is 0 Å². The van der Waals surface area contributed by atoms with Crippen LogP contribution in [0.4, 0.5) is 5.69 Å². The van der Waals surface area contributed by atoms with Crippen LogP contribution in [-0.4, -0.2) is 10.9 Å². The number of aryl methyl sites for hydroxylation is 1. The van der Waals surface area contributed by atoms with Gasteiger partial charge in [0.2, 0.25) is 0 Å². The average molecular weight is 331 g/mol. The Morgan fingerprint density at radius 1 is 1.09 bits per heavy atom. The lowest BCUT2D eigenvalue weighted by Crippen LogP contribution is -2.13. The van der Waals surface area contributed by atoms with Crippen LogP contribution < -0.4 is 5.32 Å². The van der Waals surface area contributed by atoms with Crippen molar-refractivity contribution >= 4 is 45.7 Å². The summed E-state index contributed by atoms with van der Waals surface area (Å²) in [5.41, 5.74) is 2.67. The van der Waals surface area contributed by atoms with E-state index in [4.69, 9.17) is 23.2 Å². The lowest BCUT2D eigenvalue weighted by molar-refractivity contribution is 0.102. The summed E-state index contributed by atoms with van der Waals surface area (Å²) in [6.45, 7) is 1.97. The number of aromatic nitrogens is 1. The second-order valence-corrected chi connectivity index (χ2v) is 5.76. The summed E-state index contributed by atoms with van der Waals surface area (Å²) in [6, 6.07) is 12.6. The van der Waals surface area contributed by atoms with Crippen molar-refractivity contribution in [3.63, 3.8) is 0 Å². The normalized spacial score (nSPS) is 10.7. The van der Waals surface area contributed by atoms with Crippen LogP contribution in [0.15, 0.2) is 48.7 Å². The van der Waals surface area contributed by atoms with E-state index in [1.807, 2.05) is 25.1 Å². The number of fused-ring (bicyclic) bond motifs is 1. The van der Waals surface area contributed by atoms with Crippen LogP contribution in [0.2, 0.25) is 10.0 Å². The summed E-state index contributed by atoms with van der Waals surface area (Å²) in [6.07, 6.45) is 1.76. The van der Waals surface area contributed by atoms with E-state index in [1.54, 1.807) is 30.5 Å². The fourth-order valence-electron chi connectivity index (χ4n) is 2.27. The van der Waals surface area contributed by atoms with E-state index in [2.05, 4.69) is 10.3 Å². The number of carbonyl (C=O) groups is 1. The van der Waals surface area contributed by atoms with Gasteiger partial charge in [0.25, 0.3) is 5.91 Å². The van der Waals surface area contributed by atoms with E-state index in [9.17, 15) is 4.79 Å². The molecule has 0 saturated carbocycles. The van der Waals surface area contributed by atoms with Crippen LogP contribution in [0.25, 0.3) is 10.9 Å². The van der Waals surface area contributed by atoms with Gasteiger partial charge >= 0.3 is 0 Å². The molecule has 3 aromatic rings. The fraction of sp³-hybridized carbons (Fsp3) is 0.0588. The predicted molar refractivity (Wildman–Crippen MR) is 90.9 cm³/mol. The molecule has 0 fully saturated rings. The molecule has 0 spiro atoms. The van der Waals surface area contributed by atoms with Crippen LogP contribution in [0.5, 0.6) is 0 Å². The number of nitrogens with zero attached hydrogens (tertiary/aromatic N) is 1. The SMILES string of the molecule is Cc1cnc2c(NC(=O)c3c(Cl)cccc3Cl)cccc2c1. The number of hydrogen-bond acceptors (Lipinski definition) is 2. The molecule has 1 amide bonds. The third kappa shape index (κ3) is 2.78. The average Bonchev–Trinajstić information content (AvgIpc) is 2.47. The zero-order valence-electron chi connectivity index (χ0n) is 11.7. The highest BCUT2D eigenvalue weighted by Crippen LogP contribution is 2.27. The summed E-state index contributed by atoms with van der Waals surface area (Å²) in [4.78, 5) is 16.9. The molecule has 0 saturated heterocycles. The number of nitrogens with one attached hydrogen (secondary N) is 1. The van der Waals surface area contributed by atoms with E-state index in [-0.39, 0.29) is 11.5 Å². The van der Waals surface area contributed by atoms with Crippen LogP contribution in [0, 0.1) is 6.92 Å². The molecule has 110 valence electrons. The standard InChI is InChI=1S/C17H12Cl2N2O/c1-10-8-11-4-2-7-14(16(11)20-9-10)21-17(22)15-12(18)5-3-6-13(15)19/h2-9H,1H3,(H,21,22). The lowest BCUT2D eigenvalue weighted by atomic mass is 10.1. The molecule has 1 N–H and O–H groups in total. The Morgan fingerprint density at radius 2 is 1.77 bits per heavy atom. The minimum atomic E-state index is -0.356. The topological polar surface area (TPSA) is 42.0 Å². The molecule has 0 unspecified atom stereocenters. The first kappa shape index (κ1) is 14.8. The molecule has 1 aromatic heterocycles. The number of benzene rings is 2. The van der Waals surface area contributed by atoms with Gasteiger partial charge in [-0.3, -0.25) is 9.78 Å². The van der Waals surface area contributed by atoms with Crippen molar-refractivity contribution in [3.8, 4) is 0 Å². The summed E-state index contributed by atoms with van der Waals surface area (Å²) in [5.74, 6) is -0.356. The first-order chi connectivity index (χ1) is 10.6. The Labute approximate surface area is 137 Å². The van der Waals surface area contributed by atoms with E-state index >= 15 is 0 Å². The fourth-order valence-corrected chi connectivity index (χ4v) is 2.84. The maximum absolute atomic E-state index is 12.5. The van der Waals surface area contributed by atoms with Crippen LogP contribution >= 0.6 is 23.2 Å². The summed E-state index contributed by atoms with van der Waals surface area (Å²) < 4.78 is 0. The second kappa shape index (κ2) is 5.95. The number of rotatable bonds is 2. The van der Waals surface area contributed by atoms with Crippen LogP contribution in [-0.2, 0) is 0 Å². The molecular weight excluding hydrogens is 319 g/mol. The smallest absolute Gasteiger partial charge is 0.258 e. The Morgan fingerprint density at radius 3 is 2.50 bits per heavy atom. The van der Waals surface area contributed by atoms with Gasteiger partial charge in [0.1, 0.15) is 0 Å². The third-order valence-electron chi connectivity index (χ3n) is 3.29. The third-order valence-corrected chi connectivity index (χ3v) is 3.92. The van der Waals surface area contributed by atoms with Gasteiger partial charge < -0.3 is 5.32 Å². The highest BCUT2D eigenvalue weighted by Gasteiger charge is 2.15. The maximum Gasteiger partial charge on any atom is 0.258 e. The molecule has 1 heterocycles. The quantitative estimate of drug-likeness (QED) is 0.710. The predicted octanol–water partition coefficient (Wildman–Crippen LogP) is 5.10. The summed E-state index contributed by atoms with van der Waals surface area (Å²) >= 11 is 12.1. The highest BCUT2D eigenvalue weighted by atomic mass is 35.5. The van der Waals surface area contributed by atoms with Gasteiger partial charge in [-0.2, -0.15) is 0 Å². The van der Waals surface area contributed by atoms with E-state index in [1.165, 1.54) is 0 Å². The Bertz CT molecular complexity index is 857. The lowest BCUT2D eigenvalue weighted by Gasteiger charge is -2.10. The Balaban J connectivity index is 2.02. The number of halogens is 2. The molecule has 3 nitrogen and oxygen atoms in total. The molecule has 3 rings (SSSR count). The van der Waals surface area contributed by atoms with Crippen molar-refractivity contribution in [2.75, 3.05) is 5.32 Å². The molecule has 0 bridgehead atoms. The van der Waals surface area contributed by atoms with Crippen LogP contribution in [0.1, 0.15) is 15.9 Å². The number of anilines is 1. The number of para-hydroxylation sites is 1. The van der Waals surface area contributed by atoms with Gasteiger partial charge in [-0.1, -0.05) is 41.4 Å². The van der Waals surface area contributed by atoms with Gasteiger partial charge in [0.05, 0.1) is 26.8 Å². The minimum absolute atomic E-state index is 0.259. The molecule has 0 aliphatic carbocycles. The van der Waals surface area contributed by atoms with E-state index in [0.717, 1.165) is 16.5 Å². The minimum Gasteiger partial charge on any atom is -0.320 e. The monoisotopic (exact) mass is 330 g/mol. The van der Waals surface area contributed by atoms with Crippen molar-refractivity contribution in [3.05, 3.63) is 69.8 Å². The van der Waals surface area contributed by atoms with Crippen LogP contribution in [0.3, 0.4) is 0 Å². The summed E-state index contributed by atoms with van der Waals surface area (Å²) in [7, 11) is 0. The van der Waals surface area contributed by atoms with Crippen molar-refractivity contribution in [2.45, 2.75) is 6.92 Å². The number of hydrogen-bond donors (Lipinski definition) is 1. The van der Waals surface area contributed by atoms with E-state index < -0.39 is 0 Å². The molecular formula is C17H12Cl2N2O. The number of carbonyl (C=O) groups excluding carboxylic acids is 1. The Hall–Kier alpha value is -2.10. The molecule has 0 aliphatic rings. The second-order valence-electron chi connectivity index (χ2n) is 4.94. The van der Waals surface area contributed by atoms with E-state index in [0.29, 0.717) is 15.7 Å². The maximum atomic E-state index is 12.5. The van der Waals surface area contributed by atoms with Gasteiger partial charge in [0, 0.05) is 11.6 Å². The molecule has 0 aliphatic heterocycles. The van der Waals surface area contributed by atoms with Crippen molar-refractivity contribution in [1.29, 1.82) is 0 Å². The zero-order valence-corrected chi connectivity index (χ0v) is 13.2. The van der Waals surface area contributed by atoms with Crippen molar-refractivity contribution in [2.24, 2.45) is 0 Å². The molecule has 22 heavy (non-hydrogen) atoms. The summed E-state index contributed by atoms with van der Waals surface area (Å²) in [5, 5.41) is 4.42. The first-order valence-electron chi connectivity index (χ1n) is 6.67.